The Morgan fingerprint density at radius 3 is 2.39 bits per heavy atom. The minimum Gasteiger partial charge on any atom is -0.381 e. The van der Waals surface area contributed by atoms with Crippen LogP contribution in [-0.4, -0.2) is 62.0 Å². The Labute approximate surface area is 230 Å². The maximum atomic E-state index is 13.0. The van der Waals surface area contributed by atoms with E-state index in [0.29, 0.717) is 24.9 Å². The van der Waals surface area contributed by atoms with Gasteiger partial charge < -0.3 is 29.4 Å². The second kappa shape index (κ2) is 15.1. The van der Waals surface area contributed by atoms with E-state index in [9.17, 15) is 9.90 Å². The molecular formula is C31H51NO6. The van der Waals surface area contributed by atoms with E-state index in [1.165, 1.54) is 7.11 Å². The summed E-state index contributed by atoms with van der Waals surface area (Å²) >= 11 is 0. The lowest BCUT2D eigenvalue weighted by Gasteiger charge is -2.51. The standard InChI is InChI=1S/C31H51NO6/c1-10-23(37-19-22-14-12-11-13-15-22)17-27-31(6,7)24(21(4)5)18-26(38-27)30(36-9)32-29(34)28(33)25(35-8)16-20(2)3/h11-15,21,23-28,30,33H,2,10,16-19H2,1,3-9H3,(H,32,34). The number of amides is 1. The first-order valence-electron chi connectivity index (χ1n) is 13.9. The number of methoxy groups -OCH3 is 2. The molecule has 1 aliphatic rings. The number of hydrogen-bond acceptors (Lipinski definition) is 6. The number of hydrogen-bond donors (Lipinski definition) is 2. The molecule has 216 valence electrons. The summed E-state index contributed by atoms with van der Waals surface area (Å²) in [6.07, 6.45) is -0.420. The van der Waals surface area contributed by atoms with E-state index in [1.54, 1.807) is 7.11 Å². The topological polar surface area (TPSA) is 86.3 Å². The van der Waals surface area contributed by atoms with Gasteiger partial charge in [-0.3, -0.25) is 4.79 Å². The molecule has 0 bridgehead atoms. The highest BCUT2D eigenvalue weighted by atomic mass is 16.6. The van der Waals surface area contributed by atoms with Crippen molar-refractivity contribution in [2.45, 2.75) is 111 Å². The molecule has 38 heavy (non-hydrogen) atoms. The molecule has 0 spiro atoms. The van der Waals surface area contributed by atoms with Gasteiger partial charge in [0, 0.05) is 20.6 Å². The van der Waals surface area contributed by atoms with Crippen LogP contribution in [0.25, 0.3) is 0 Å². The van der Waals surface area contributed by atoms with Gasteiger partial charge in [0.1, 0.15) is 6.10 Å². The fourth-order valence-corrected chi connectivity index (χ4v) is 5.67. The summed E-state index contributed by atoms with van der Waals surface area (Å²) in [7, 11) is 3.03. The van der Waals surface area contributed by atoms with Crippen molar-refractivity contribution in [2.75, 3.05) is 14.2 Å². The lowest BCUT2D eigenvalue weighted by Crippen LogP contribution is -2.58. The number of benzene rings is 1. The van der Waals surface area contributed by atoms with E-state index >= 15 is 0 Å². The Bertz CT molecular complexity index is 857. The van der Waals surface area contributed by atoms with Gasteiger partial charge in [-0.1, -0.05) is 70.5 Å². The minimum atomic E-state index is -1.35. The van der Waals surface area contributed by atoms with E-state index in [-0.39, 0.29) is 23.7 Å². The minimum absolute atomic E-state index is 0.0352. The number of nitrogens with one attached hydrogen (secondary N) is 1. The number of carbonyl (C=O) groups excluding carboxylic acids is 1. The number of aliphatic hydroxyl groups is 1. The maximum absolute atomic E-state index is 13.0. The average Bonchev–Trinajstić information content (AvgIpc) is 2.88. The second-order valence-electron chi connectivity index (χ2n) is 11.7. The van der Waals surface area contributed by atoms with Crippen molar-refractivity contribution in [1.29, 1.82) is 0 Å². The largest absolute Gasteiger partial charge is 0.381 e. The normalized spacial score (nSPS) is 24.4. The zero-order valence-electron chi connectivity index (χ0n) is 24.7. The first-order chi connectivity index (χ1) is 17.9. The maximum Gasteiger partial charge on any atom is 0.253 e. The SMILES string of the molecule is C=C(C)CC(OC)C(O)C(=O)NC(OC)C1CC(C(C)C)C(C)(C)C(CC(CC)OCc2ccccc2)O1. The highest BCUT2D eigenvalue weighted by Crippen LogP contribution is 2.47. The van der Waals surface area contributed by atoms with E-state index in [1.807, 2.05) is 25.1 Å². The predicted octanol–water partition coefficient (Wildman–Crippen LogP) is 5.26. The molecule has 1 aromatic carbocycles. The molecule has 0 radical (unpaired) electrons. The van der Waals surface area contributed by atoms with Crippen molar-refractivity contribution >= 4 is 5.91 Å². The molecule has 7 heteroatoms. The third-order valence-electron chi connectivity index (χ3n) is 8.03. The summed E-state index contributed by atoms with van der Waals surface area (Å²) in [5, 5.41) is 13.5. The summed E-state index contributed by atoms with van der Waals surface area (Å²) in [6, 6.07) is 10.2. The van der Waals surface area contributed by atoms with Crippen molar-refractivity contribution in [3.05, 3.63) is 48.0 Å². The molecule has 1 aromatic rings. The van der Waals surface area contributed by atoms with Crippen LogP contribution in [0.3, 0.4) is 0 Å². The van der Waals surface area contributed by atoms with Gasteiger partial charge in [0.05, 0.1) is 24.9 Å². The van der Waals surface area contributed by atoms with E-state index in [2.05, 4.69) is 58.6 Å². The Hall–Kier alpha value is -1.77. The molecular weight excluding hydrogens is 482 g/mol. The fourth-order valence-electron chi connectivity index (χ4n) is 5.67. The summed E-state index contributed by atoms with van der Waals surface area (Å²) < 4.78 is 24.1. The highest BCUT2D eigenvalue weighted by molar-refractivity contribution is 5.81. The van der Waals surface area contributed by atoms with E-state index < -0.39 is 24.3 Å². The third kappa shape index (κ3) is 8.88. The van der Waals surface area contributed by atoms with Crippen molar-refractivity contribution in [3.8, 4) is 0 Å². The highest BCUT2D eigenvalue weighted by Gasteiger charge is 2.48. The van der Waals surface area contributed by atoms with E-state index in [0.717, 1.165) is 30.4 Å². The van der Waals surface area contributed by atoms with Crippen LogP contribution in [0.2, 0.25) is 0 Å². The Kier molecular flexibility index (Phi) is 12.9. The smallest absolute Gasteiger partial charge is 0.253 e. The van der Waals surface area contributed by atoms with Gasteiger partial charge in [0.25, 0.3) is 5.91 Å². The van der Waals surface area contributed by atoms with Crippen LogP contribution in [0.15, 0.2) is 42.5 Å². The Morgan fingerprint density at radius 1 is 1.21 bits per heavy atom. The molecule has 2 N–H and O–H groups in total. The Morgan fingerprint density at radius 2 is 1.87 bits per heavy atom. The molecule has 1 heterocycles. The summed E-state index contributed by atoms with van der Waals surface area (Å²) in [5.74, 6) is 0.206. The lowest BCUT2D eigenvalue weighted by molar-refractivity contribution is -0.207. The monoisotopic (exact) mass is 533 g/mol. The zero-order valence-corrected chi connectivity index (χ0v) is 24.7. The predicted molar refractivity (Wildman–Crippen MR) is 150 cm³/mol. The van der Waals surface area contributed by atoms with Crippen molar-refractivity contribution < 1.29 is 28.8 Å². The molecule has 1 amide bonds. The average molecular weight is 534 g/mol. The summed E-state index contributed by atoms with van der Waals surface area (Å²) in [4.78, 5) is 13.0. The zero-order chi connectivity index (χ0) is 28.5. The molecule has 1 aliphatic heterocycles. The lowest BCUT2D eigenvalue weighted by atomic mass is 9.64. The number of ether oxygens (including phenoxy) is 4. The van der Waals surface area contributed by atoms with Crippen LogP contribution in [0, 0.1) is 17.3 Å². The third-order valence-corrected chi connectivity index (χ3v) is 8.03. The molecule has 7 atom stereocenters. The number of rotatable bonds is 15. The van der Waals surface area contributed by atoms with E-state index in [4.69, 9.17) is 18.9 Å². The number of aliphatic hydroxyl groups excluding tert-OH is 1. The van der Waals surface area contributed by atoms with Crippen molar-refractivity contribution in [1.82, 2.24) is 5.32 Å². The van der Waals surface area contributed by atoms with Crippen LogP contribution < -0.4 is 5.32 Å². The van der Waals surface area contributed by atoms with Crippen LogP contribution in [0.5, 0.6) is 0 Å². The molecule has 7 unspecified atom stereocenters. The van der Waals surface area contributed by atoms with Gasteiger partial charge in [-0.25, -0.2) is 0 Å². The molecule has 7 nitrogen and oxygen atoms in total. The second-order valence-corrected chi connectivity index (χ2v) is 11.7. The molecule has 0 saturated carbocycles. The summed E-state index contributed by atoms with van der Waals surface area (Å²) in [6.45, 7) is 17.4. The van der Waals surface area contributed by atoms with Gasteiger partial charge in [-0.05, 0) is 49.0 Å². The molecule has 2 rings (SSSR count). The van der Waals surface area contributed by atoms with Gasteiger partial charge in [0.2, 0.25) is 0 Å². The van der Waals surface area contributed by atoms with Crippen molar-refractivity contribution in [3.63, 3.8) is 0 Å². The Balaban J connectivity index is 2.17. The molecule has 1 saturated heterocycles. The van der Waals surface area contributed by atoms with Crippen LogP contribution >= 0.6 is 0 Å². The molecule has 0 aromatic heterocycles. The summed E-state index contributed by atoms with van der Waals surface area (Å²) in [5.41, 5.74) is 1.88. The van der Waals surface area contributed by atoms with Crippen LogP contribution in [-0.2, 0) is 30.3 Å². The van der Waals surface area contributed by atoms with Crippen LogP contribution in [0.4, 0.5) is 0 Å². The first kappa shape index (κ1) is 32.4. The van der Waals surface area contributed by atoms with Gasteiger partial charge in [0.15, 0.2) is 12.3 Å². The molecule has 0 aliphatic carbocycles. The van der Waals surface area contributed by atoms with Crippen molar-refractivity contribution in [2.24, 2.45) is 17.3 Å². The quantitative estimate of drug-likeness (QED) is 0.236. The fraction of sp³-hybridized carbons (Fsp3) is 0.710. The number of carbonyl (C=O) groups is 1. The first-order valence-corrected chi connectivity index (χ1v) is 13.9. The van der Waals surface area contributed by atoms with Gasteiger partial charge in [-0.15, -0.1) is 6.58 Å². The molecule has 1 fully saturated rings. The van der Waals surface area contributed by atoms with Crippen LogP contribution in [0.1, 0.15) is 72.8 Å². The van der Waals surface area contributed by atoms with Gasteiger partial charge >= 0.3 is 0 Å². The van der Waals surface area contributed by atoms with Gasteiger partial charge in [-0.2, -0.15) is 0 Å².